The fourth-order valence-electron chi connectivity index (χ4n) is 3.08. The van der Waals surface area contributed by atoms with Gasteiger partial charge in [0.2, 0.25) is 0 Å². The van der Waals surface area contributed by atoms with E-state index in [-0.39, 0.29) is 22.8 Å². The molecular weight excluding hydrogens is 456 g/mol. The van der Waals surface area contributed by atoms with Gasteiger partial charge >= 0.3 is 5.69 Å². The third-order valence-corrected chi connectivity index (χ3v) is 5.16. The first kappa shape index (κ1) is 17.0. The summed E-state index contributed by atoms with van der Waals surface area (Å²) < 4.78 is 18.3. The zero-order valence-corrected chi connectivity index (χ0v) is 15.7. The van der Waals surface area contributed by atoms with E-state index in [0.717, 1.165) is 19.8 Å². The molecule has 1 aromatic carbocycles. The Balaban J connectivity index is 2.30. The predicted octanol–water partition coefficient (Wildman–Crippen LogP) is 1.64. The number of aryl methyl sites for hydroxylation is 1. The molecule has 7 nitrogen and oxygen atoms in total. The number of hydrogen-bond acceptors (Lipinski definition) is 4. The Bertz CT molecular complexity index is 1250. The third kappa shape index (κ3) is 2.41. The Morgan fingerprint density at radius 2 is 1.88 bits per heavy atom. The number of pyridine rings is 1. The van der Waals surface area contributed by atoms with Gasteiger partial charge in [-0.3, -0.25) is 18.7 Å². The van der Waals surface area contributed by atoms with Gasteiger partial charge in [-0.15, -0.1) is 0 Å². The fraction of sp³-hybridized carbons (Fsp3) is 0.235. The molecule has 0 radical (unpaired) electrons. The highest BCUT2D eigenvalue weighted by Gasteiger charge is 2.31. The minimum atomic E-state index is -0.731. The Morgan fingerprint density at radius 3 is 2.50 bits per heavy atom. The smallest absolute Gasteiger partial charge is 0.337 e. The largest absolute Gasteiger partial charge is 0.507 e. The van der Waals surface area contributed by atoms with Gasteiger partial charge in [-0.25, -0.2) is 13.8 Å². The molecule has 1 aliphatic carbocycles. The molecule has 0 unspecified atom stereocenters. The summed E-state index contributed by atoms with van der Waals surface area (Å²) in [5, 5.41) is 10.0. The highest BCUT2D eigenvalue weighted by Crippen LogP contribution is 2.33. The van der Waals surface area contributed by atoms with E-state index in [2.05, 4.69) is 0 Å². The van der Waals surface area contributed by atoms with E-state index in [0.29, 0.717) is 16.4 Å². The molecule has 0 saturated heterocycles. The zero-order chi connectivity index (χ0) is 18.7. The highest BCUT2D eigenvalue weighted by molar-refractivity contribution is 14.1. The number of aromatic nitrogens is 3. The number of halogens is 2. The summed E-state index contributed by atoms with van der Waals surface area (Å²) >= 11 is 1.94. The molecule has 2 heterocycles. The Kier molecular flexibility index (Phi) is 3.79. The van der Waals surface area contributed by atoms with Crippen molar-refractivity contribution in [2.24, 2.45) is 7.05 Å². The molecule has 0 amide bonds. The Labute approximate surface area is 159 Å². The molecule has 1 aliphatic rings. The lowest BCUT2D eigenvalue weighted by Crippen LogP contribution is -2.41. The van der Waals surface area contributed by atoms with Crippen LogP contribution in [0.5, 0.6) is 5.75 Å². The third-order valence-electron chi connectivity index (χ3n) is 4.49. The molecule has 3 aromatic rings. The van der Waals surface area contributed by atoms with Crippen LogP contribution in [0.3, 0.4) is 0 Å². The normalized spacial score (nSPS) is 14.1. The van der Waals surface area contributed by atoms with Gasteiger partial charge in [0, 0.05) is 22.7 Å². The van der Waals surface area contributed by atoms with Crippen molar-refractivity contribution in [2.45, 2.75) is 18.9 Å². The summed E-state index contributed by atoms with van der Waals surface area (Å²) in [7, 11) is 1.37. The standard InChI is InChI=1S/C17H13FIN3O4/c1-20-13(24)7-12(23)14-15(20)22(11-5-2-8(19)6-10(11)18)17(26)21(16(14)25)9-3-4-9/h2,5-7,9,23H,3-4H2,1H3. The maximum absolute atomic E-state index is 14.6. The Morgan fingerprint density at radius 1 is 1.19 bits per heavy atom. The number of fused-ring (bicyclic) bond motifs is 1. The summed E-state index contributed by atoms with van der Waals surface area (Å²) in [6.45, 7) is 0. The lowest BCUT2D eigenvalue weighted by atomic mass is 10.2. The number of benzene rings is 1. The summed E-state index contributed by atoms with van der Waals surface area (Å²) in [6.07, 6.45) is 1.31. The monoisotopic (exact) mass is 469 g/mol. The molecule has 2 aromatic heterocycles. The second kappa shape index (κ2) is 5.79. The molecule has 0 bridgehead atoms. The summed E-state index contributed by atoms with van der Waals surface area (Å²) in [5.74, 6) is -1.20. The van der Waals surface area contributed by atoms with Crippen molar-refractivity contribution in [3.63, 3.8) is 0 Å². The molecule has 1 saturated carbocycles. The molecule has 9 heteroatoms. The lowest BCUT2D eigenvalue weighted by molar-refractivity contribution is 0.476. The van der Waals surface area contributed by atoms with Crippen LogP contribution < -0.4 is 16.8 Å². The second-order valence-electron chi connectivity index (χ2n) is 6.25. The van der Waals surface area contributed by atoms with Gasteiger partial charge in [-0.1, -0.05) is 0 Å². The first-order chi connectivity index (χ1) is 12.3. The van der Waals surface area contributed by atoms with E-state index in [1.807, 2.05) is 22.6 Å². The highest BCUT2D eigenvalue weighted by atomic mass is 127. The van der Waals surface area contributed by atoms with Crippen molar-refractivity contribution in [1.29, 1.82) is 0 Å². The molecule has 1 fully saturated rings. The number of nitrogens with zero attached hydrogens (tertiary/aromatic N) is 3. The fourth-order valence-corrected chi connectivity index (χ4v) is 3.53. The first-order valence-corrected chi connectivity index (χ1v) is 8.95. The molecule has 134 valence electrons. The molecule has 26 heavy (non-hydrogen) atoms. The van der Waals surface area contributed by atoms with Gasteiger partial charge in [-0.2, -0.15) is 0 Å². The van der Waals surface area contributed by atoms with Gasteiger partial charge in [0.1, 0.15) is 22.6 Å². The van der Waals surface area contributed by atoms with Crippen LogP contribution in [0.15, 0.2) is 38.6 Å². The number of rotatable bonds is 2. The van der Waals surface area contributed by atoms with Gasteiger partial charge in [0.05, 0.1) is 5.69 Å². The van der Waals surface area contributed by atoms with Crippen LogP contribution in [0, 0.1) is 9.39 Å². The van der Waals surface area contributed by atoms with Gasteiger partial charge in [0.25, 0.3) is 11.1 Å². The molecule has 0 aliphatic heterocycles. The van der Waals surface area contributed by atoms with Crippen molar-refractivity contribution in [3.8, 4) is 11.4 Å². The van der Waals surface area contributed by atoms with Crippen molar-refractivity contribution < 1.29 is 9.50 Å². The number of hydrogen-bond donors (Lipinski definition) is 1. The SMILES string of the molecule is Cn1c(=O)cc(O)c2c(=O)n(C3CC3)c(=O)n(-c3ccc(I)cc3F)c21. The van der Waals surface area contributed by atoms with Gasteiger partial charge in [0.15, 0.2) is 0 Å². The van der Waals surface area contributed by atoms with Gasteiger partial charge < -0.3 is 5.11 Å². The quantitative estimate of drug-likeness (QED) is 0.579. The molecule has 0 atom stereocenters. The minimum absolute atomic E-state index is 0.0876. The molecular formula is C17H13FIN3O4. The maximum atomic E-state index is 14.6. The maximum Gasteiger partial charge on any atom is 0.337 e. The van der Waals surface area contributed by atoms with Crippen LogP contribution in [0.2, 0.25) is 0 Å². The molecule has 0 spiro atoms. The van der Waals surface area contributed by atoms with E-state index in [1.54, 1.807) is 6.07 Å². The van der Waals surface area contributed by atoms with Crippen LogP contribution in [-0.2, 0) is 7.05 Å². The predicted molar refractivity (Wildman–Crippen MR) is 102 cm³/mol. The summed E-state index contributed by atoms with van der Waals surface area (Å²) in [5.41, 5.74) is -2.25. The van der Waals surface area contributed by atoms with Crippen LogP contribution in [0.1, 0.15) is 18.9 Å². The average molecular weight is 469 g/mol. The van der Waals surface area contributed by atoms with Crippen LogP contribution in [-0.4, -0.2) is 18.8 Å². The van der Waals surface area contributed by atoms with Crippen LogP contribution >= 0.6 is 22.6 Å². The lowest BCUT2D eigenvalue weighted by Gasteiger charge is -2.17. The molecule has 1 N–H and O–H groups in total. The van der Waals surface area contributed by atoms with E-state index in [4.69, 9.17) is 0 Å². The van der Waals surface area contributed by atoms with Crippen molar-refractivity contribution in [1.82, 2.24) is 13.7 Å². The topological polar surface area (TPSA) is 86.2 Å². The summed E-state index contributed by atoms with van der Waals surface area (Å²) in [4.78, 5) is 38.0. The second-order valence-corrected chi connectivity index (χ2v) is 7.49. The van der Waals surface area contributed by atoms with E-state index in [1.165, 1.54) is 19.2 Å². The minimum Gasteiger partial charge on any atom is -0.507 e. The van der Waals surface area contributed by atoms with E-state index >= 15 is 0 Å². The van der Waals surface area contributed by atoms with Gasteiger partial charge in [-0.05, 0) is 53.6 Å². The zero-order valence-electron chi connectivity index (χ0n) is 13.6. The van der Waals surface area contributed by atoms with Crippen molar-refractivity contribution in [3.05, 3.63) is 64.8 Å². The van der Waals surface area contributed by atoms with E-state index in [9.17, 15) is 23.9 Å². The van der Waals surface area contributed by atoms with E-state index < -0.39 is 28.4 Å². The number of aromatic hydroxyl groups is 1. The average Bonchev–Trinajstić information content (AvgIpc) is 3.38. The summed E-state index contributed by atoms with van der Waals surface area (Å²) in [6, 6.07) is 4.91. The van der Waals surface area contributed by atoms with Crippen molar-refractivity contribution >= 4 is 33.6 Å². The van der Waals surface area contributed by atoms with Crippen LogP contribution in [0.25, 0.3) is 16.7 Å². The Hall–Kier alpha value is -2.43. The first-order valence-electron chi connectivity index (χ1n) is 7.87. The van der Waals surface area contributed by atoms with Crippen molar-refractivity contribution in [2.75, 3.05) is 0 Å². The molecule has 4 rings (SSSR count). The van der Waals surface area contributed by atoms with Crippen LogP contribution in [0.4, 0.5) is 4.39 Å².